The zero-order valence-corrected chi connectivity index (χ0v) is 10.8. The molecule has 0 aliphatic rings. The van der Waals surface area contributed by atoms with Gasteiger partial charge in [0.1, 0.15) is 12.4 Å². The SMILES string of the molecule is C=CCOC(=O)CCC(C)Oc1ccc(O)c(O)c1. The first-order chi connectivity index (χ1) is 9.02. The maximum Gasteiger partial charge on any atom is 0.306 e. The minimum atomic E-state index is -0.302. The van der Waals surface area contributed by atoms with Crippen LogP contribution in [0.2, 0.25) is 0 Å². The highest BCUT2D eigenvalue weighted by Gasteiger charge is 2.10. The van der Waals surface area contributed by atoms with Crippen LogP contribution in [0, 0.1) is 0 Å². The predicted molar refractivity (Wildman–Crippen MR) is 70.3 cm³/mol. The number of aromatic hydroxyl groups is 2. The topological polar surface area (TPSA) is 76.0 Å². The van der Waals surface area contributed by atoms with Gasteiger partial charge in [0.25, 0.3) is 0 Å². The summed E-state index contributed by atoms with van der Waals surface area (Å²) < 4.78 is 10.3. The summed E-state index contributed by atoms with van der Waals surface area (Å²) in [5.41, 5.74) is 0. The summed E-state index contributed by atoms with van der Waals surface area (Å²) >= 11 is 0. The molecule has 19 heavy (non-hydrogen) atoms. The summed E-state index contributed by atoms with van der Waals surface area (Å²) in [6.07, 6.45) is 2.05. The van der Waals surface area contributed by atoms with Gasteiger partial charge in [0.05, 0.1) is 6.10 Å². The predicted octanol–water partition coefficient (Wildman–Crippen LogP) is 2.37. The number of hydrogen-bond donors (Lipinski definition) is 2. The molecule has 1 aromatic rings. The van der Waals surface area contributed by atoms with Gasteiger partial charge in [0, 0.05) is 12.5 Å². The Hall–Kier alpha value is -2.17. The standard InChI is InChI=1S/C14H18O5/c1-3-8-18-14(17)7-4-10(2)19-11-5-6-12(15)13(16)9-11/h3,5-6,9-10,15-16H,1,4,7-8H2,2H3. The lowest BCUT2D eigenvalue weighted by Gasteiger charge is -2.14. The number of carbonyl (C=O) groups is 1. The molecular formula is C14H18O5. The van der Waals surface area contributed by atoms with Gasteiger partial charge in [-0.2, -0.15) is 0 Å². The van der Waals surface area contributed by atoms with E-state index in [1.165, 1.54) is 18.2 Å². The van der Waals surface area contributed by atoms with Crippen molar-refractivity contribution in [3.8, 4) is 17.2 Å². The van der Waals surface area contributed by atoms with E-state index in [1.54, 1.807) is 6.07 Å². The summed E-state index contributed by atoms with van der Waals surface area (Å²) in [6, 6.07) is 4.21. The molecule has 1 aromatic carbocycles. The van der Waals surface area contributed by atoms with E-state index in [4.69, 9.17) is 14.6 Å². The second-order valence-corrected chi connectivity index (χ2v) is 4.09. The summed E-state index contributed by atoms with van der Waals surface area (Å²) in [7, 11) is 0. The number of phenolic OH excluding ortho intramolecular Hbond substituents is 2. The normalized spacial score (nSPS) is 11.6. The van der Waals surface area contributed by atoms with Crippen molar-refractivity contribution in [1.82, 2.24) is 0 Å². The van der Waals surface area contributed by atoms with Gasteiger partial charge in [-0.05, 0) is 25.5 Å². The van der Waals surface area contributed by atoms with E-state index in [-0.39, 0.29) is 36.6 Å². The van der Waals surface area contributed by atoms with Crippen LogP contribution in [0.4, 0.5) is 0 Å². The number of benzene rings is 1. The van der Waals surface area contributed by atoms with Crippen molar-refractivity contribution in [3.63, 3.8) is 0 Å². The molecule has 104 valence electrons. The molecule has 0 saturated carbocycles. The molecule has 2 N–H and O–H groups in total. The lowest BCUT2D eigenvalue weighted by atomic mass is 10.2. The molecule has 0 aliphatic carbocycles. The molecule has 1 unspecified atom stereocenters. The fraction of sp³-hybridized carbons (Fsp3) is 0.357. The number of rotatable bonds is 7. The number of ether oxygens (including phenoxy) is 2. The number of carbonyl (C=O) groups excluding carboxylic acids is 1. The molecule has 1 rings (SSSR count). The van der Waals surface area contributed by atoms with E-state index in [0.29, 0.717) is 12.2 Å². The first kappa shape index (κ1) is 14.9. The molecule has 5 nitrogen and oxygen atoms in total. The minimum absolute atomic E-state index is 0.201. The highest BCUT2D eigenvalue weighted by Crippen LogP contribution is 2.29. The van der Waals surface area contributed by atoms with Gasteiger partial charge in [-0.15, -0.1) is 0 Å². The Balaban J connectivity index is 2.38. The maximum atomic E-state index is 11.3. The lowest BCUT2D eigenvalue weighted by Crippen LogP contribution is -2.15. The maximum absolute atomic E-state index is 11.3. The molecule has 0 aliphatic heterocycles. The molecule has 0 amide bonds. The van der Waals surface area contributed by atoms with Crippen LogP contribution in [0.5, 0.6) is 17.2 Å². The Bertz CT molecular complexity index is 441. The third-order valence-corrected chi connectivity index (χ3v) is 2.40. The number of esters is 1. The highest BCUT2D eigenvalue weighted by atomic mass is 16.5. The van der Waals surface area contributed by atoms with Crippen LogP contribution >= 0.6 is 0 Å². The molecule has 5 heteroatoms. The molecular weight excluding hydrogens is 248 g/mol. The highest BCUT2D eigenvalue weighted by molar-refractivity contribution is 5.69. The van der Waals surface area contributed by atoms with Crippen LogP contribution in [0.25, 0.3) is 0 Å². The molecule has 0 heterocycles. The van der Waals surface area contributed by atoms with Gasteiger partial charge in [-0.3, -0.25) is 4.79 Å². The van der Waals surface area contributed by atoms with Crippen LogP contribution in [0.3, 0.4) is 0 Å². The molecule has 0 radical (unpaired) electrons. The molecule has 0 fully saturated rings. The third-order valence-electron chi connectivity index (χ3n) is 2.40. The fourth-order valence-corrected chi connectivity index (χ4v) is 1.41. The van der Waals surface area contributed by atoms with Crippen molar-refractivity contribution >= 4 is 5.97 Å². The van der Waals surface area contributed by atoms with Crippen molar-refractivity contribution in [2.45, 2.75) is 25.9 Å². The van der Waals surface area contributed by atoms with Crippen LogP contribution < -0.4 is 4.74 Å². The second kappa shape index (κ2) is 7.31. The third kappa shape index (κ3) is 5.33. The quantitative estimate of drug-likeness (QED) is 0.450. The Morgan fingerprint density at radius 3 is 2.79 bits per heavy atom. The Morgan fingerprint density at radius 1 is 1.42 bits per heavy atom. The van der Waals surface area contributed by atoms with Gasteiger partial charge in [-0.25, -0.2) is 0 Å². The Morgan fingerprint density at radius 2 is 2.16 bits per heavy atom. The molecule has 0 spiro atoms. The van der Waals surface area contributed by atoms with Crippen molar-refractivity contribution in [1.29, 1.82) is 0 Å². The van der Waals surface area contributed by atoms with Gasteiger partial charge >= 0.3 is 5.97 Å². The molecule has 0 saturated heterocycles. The largest absolute Gasteiger partial charge is 0.504 e. The Kier molecular flexibility index (Phi) is 5.73. The van der Waals surface area contributed by atoms with Crippen molar-refractivity contribution in [2.75, 3.05) is 6.61 Å². The van der Waals surface area contributed by atoms with E-state index in [0.717, 1.165) is 0 Å². The van der Waals surface area contributed by atoms with Gasteiger partial charge in [0.2, 0.25) is 0 Å². The van der Waals surface area contributed by atoms with Crippen LogP contribution in [0.1, 0.15) is 19.8 Å². The van der Waals surface area contributed by atoms with Crippen LogP contribution in [-0.2, 0) is 9.53 Å². The first-order valence-corrected chi connectivity index (χ1v) is 5.98. The zero-order chi connectivity index (χ0) is 14.3. The molecule has 0 bridgehead atoms. The molecule has 0 aromatic heterocycles. The average molecular weight is 266 g/mol. The summed E-state index contributed by atoms with van der Waals surface area (Å²) in [4.78, 5) is 11.3. The van der Waals surface area contributed by atoms with Gasteiger partial charge in [0.15, 0.2) is 11.5 Å². The fourth-order valence-electron chi connectivity index (χ4n) is 1.41. The van der Waals surface area contributed by atoms with Crippen molar-refractivity contribution in [3.05, 3.63) is 30.9 Å². The van der Waals surface area contributed by atoms with Crippen molar-refractivity contribution in [2.24, 2.45) is 0 Å². The van der Waals surface area contributed by atoms with Gasteiger partial charge < -0.3 is 19.7 Å². The van der Waals surface area contributed by atoms with Gasteiger partial charge in [-0.1, -0.05) is 12.7 Å². The van der Waals surface area contributed by atoms with E-state index in [2.05, 4.69) is 6.58 Å². The van der Waals surface area contributed by atoms with E-state index in [9.17, 15) is 9.90 Å². The zero-order valence-electron chi connectivity index (χ0n) is 10.8. The van der Waals surface area contributed by atoms with E-state index in [1.807, 2.05) is 6.92 Å². The van der Waals surface area contributed by atoms with Crippen LogP contribution in [-0.4, -0.2) is 28.9 Å². The minimum Gasteiger partial charge on any atom is -0.504 e. The summed E-state index contributed by atoms with van der Waals surface area (Å²) in [5, 5.41) is 18.5. The van der Waals surface area contributed by atoms with Crippen LogP contribution in [0.15, 0.2) is 30.9 Å². The first-order valence-electron chi connectivity index (χ1n) is 5.98. The van der Waals surface area contributed by atoms with E-state index >= 15 is 0 Å². The molecule has 1 atom stereocenters. The monoisotopic (exact) mass is 266 g/mol. The van der Waals surface area contributed by atoms with Crippen molar-refractivity contribution < 1.29 is 24.5 Å². The number of phenols is 2. The number of hydrogen-bond acceptors (Lipinski definition) is 5. The van der Waals surface area contributed by atoms with E-state index < -0.39 is 0 Å². The second-order valence-electron chi connectivity index (χ2n) is 4.09. The summed E-state index contributed by atoms with van der Waals surface area (Å²) in [6.45, 7) is 5.47. The average Bonchev–Trinajstić information content (AvgIpc) is 2.38. The summed E-state index contributed by atoms with van der Waals surface area (Å²) in [5.74, 6) is -0.311. The smallest absolute Gasteiger partial charge is 0.306 e. The Labute approximate surface area is 112 Å². The lowest BCUT2D eigenvalue weighted by molar-refractivity contribution is -0.142.